The summed E-state index contributed by atoms with van der Waals surface area (Å²) < 4.78 is 24.3. The third-order valence-electron chi connectivity index (χ3n) is 6.04. The van der Waals surface area contributed by atoms with Crippen molar-refractivity contribution in [1.29, 1.82) is 0 Å². The molecule has 4 rings (SSSR count). The summed E-state index contributed by atoms with van der Waals surface area (Å²) >= 11 is 0. The second-order valence-electron chi connectivity index (χ2n) is 8.64. The van der Waals surface area contributed by atoms with Crippen LogP contribution < -0.4 is 14.8 Å². The average molecular weight is 476 g/mol. The Labute approximate surface area is 205 Å². The molecule has 3 aromatic rings. The van der Waals surface area contributed by atoms with Crippen LogP contribution in [-0.4, -0.2) is 42.7 Å². The molecule has 1 aliphatic rings. The molecular formula is C28H30FN3O3. The topological polar surface area (TPSA) is 63.7 Å². The Hall–Kier alpha value is -3.87. The van der Waals surface area contributed by atoms with Crippen molar-refractivity contribution in [3.63, 3.8) is 0 Å². The molecule has 0 radical (unpaired) electrons. The second kappa shape index (κ2) is 11.5. The summed E-state index contributed by atoms with van der Waals surface area (Å²) in [5.41, 5.74) is 3.92. The molecule has 1 unspecified atom stereocenters. The van der Waals surface area contributed by atoms with Crippen LogP contribution in [0.25, 0.3) is 6.08 Å². The molecule has 2 heterocycles. The van der Waals surface area contributed by atoms with Crippen LogP contribution in [0, 0.1) is 11.7 Å². The molecule has 35 heavy (non-hydrogen) atoms. The maximum Gasteiger partial charge on any atom is 0.321 e. The van der Waals surface area contributed by atoms with E-state index in [1.165, 1.54) is 17.7 Å². The van der Waals surface area contributed by atoms with Crippen LogP contribution in [0.4, 0.5) is 14.9 Å². The molecule has 1 N–H and O–H groups in total. The molecule has 2 amide bonds. The zero-order valence-corrected chi connectivity index (χ0v) is 20.0. The third kappa shape index (κ3) is 6.82. The molecule has 2 aromatic carbocycles. The van der Waals surface area contributed by atoms with Gasteiger partial charge in [-0.3, -0.25) is 0 Å². The van der Waals surface area contributed by atoms with Crippen molar-refractivity contribution >= 4 is 17.8 Å². The monoisotopic (exact) mass is 475 g/mol. The van der Waals surface area contributed by atoms with E-state index in [0.29, 0.717) is 37.7 Å². The van der Waals surface area contributed by atoms with Gasteiger partial charge in [0.2, 0.25) is 5.88 Å². The Morgan fingerprint density at radius 1 is 1.20 bits per heavy atom. The first kappa shape index (κ1) is 24.3. The van der Waals surface area contributed by atoms with E-state index in [1.807, 2.05) is 29.2 Å². The summed E-state index contributed by atoms with van der Waals surface area (Å²) in [6, 6.07) is 17.9. The number of nitrogens with zero attached hydrogens (tertiary/aromatic N) is 2. The van der Waals surface area contributed by atoms with Crippen molar-refractivity contribution in [2.75, 3.05) is 32.1 Å². The smallest absolute Gasteiger partial charge is 0.321 e. The van der Waals surface area contributed by atoms with E-state index < -0.39 is 0 Å². The van der Waals surface area contributed by atoms with Gasteiger partial charge in [0.05, 0.1) is 25.6 Å². The number of hydrogen-bond donors (Lipinski definition) is 1. The number of carbonyl (C=O) groups excluding carboxylic acids is 1. The number of nitrogens with one attached hydrogen (secondary N) is 1. The summed E-state index contributed by atoms with van der Waals surface area (Å²) in [6.07, 6.45) is 5.22. The lowest BCUT2D eigenvalue weighted by Crippen LogP contribution is -2.42. The first-order valence-electron chi connectivity index (χ1n) is 11.7. The number of aromatic nitrogens is 1. The van der Waals surface area contributed by atoms with Crippen LogP contribution >= 0.6 is 0 Å². The molecule has 6 nitrogen and oxygen atoms in total. The first-order valence-corrected chi connectivity index (χ1v) is 11.7. The number of piperidine rings is 1. The van der Waals surface area contributed by atoms with Crippen molar-refractivity contribution in [3.05, 3.63) is 89.4 Å². The Bertz CT molecular complexity index is 1180. The summed E-state index contributed by atoms with van der Waals surface area (Å²) in [6.45, 7) is 3.91. The van der Waals surface area contributed by atoms with Crippen LogP contribution in [0.5, 0.6) is 11.6 Å². The number of benzene rings is 2. The van der Waals surface area contributed by atoms with Gasteiger partial charge >= 0.3 is 6.03 Å². The van der Waals surface area contributed by atoms with Crippen molar-refractivity contribution in [1.82, 2.24) is 9.88 Å². The molecule has 1 fully saturated rings. The normalized spacial score (nSPS) is 16.7. The minimum absolute atomic E-state index is 0.128. The predicted octanol–water partition coefficient (Wildman–Crippen LogP) is 5.81. The largest absolute Gasteiger partial charge is 0.493 e. The summed E-state index contributed by atoms with van der Waals surface area (Å²) in [5.74, 6) is 1.30. The van der Waals surface area contributed by atoms with E-state index in [4.69, 9.17) is 9.47 Å². The fourth-order valence-electron chi connectivity index (χ4n) is 4.11. The minimum atomic E-state index is -0.230. The van der Waals surface area contributed by atoms with Crippen LogP contribution in [-0.2, 0) is 6.42 Å². The number of likely N-dealkylation sites (tertiary alicyclic amines) is 1. The number of ether oxygens (including phenoxy) is 2. The summed E-state index contributed by atoms with van der Waals surface area (Å²) in [5, 5.41) is 2.90. The standard InChI is InChI=1S/C28H30FN3O3/c1-20-19-32(28(33)31-25-9-10-27(34-2)30-18-25)13-11-23(20)15-22-6-4-8-26(17-22)35-14-12-21-5-3-7-24(29)16-21/h3-10,15-18,20H,11-14,19H2,1-2H3,(H,31,33)/b23-15+. The Morgan fingerprint density at radius 2 is 2.06 bits per heavy atom. The maximum absolute atomic E-state index is 13.3. The second-order valence-corrected chi connectivity index (χ2v) is 8.64. The highest BCUT2D eigenvalue weighted by molar-refractivity contribution is 5.89. The number of amides is 2. The zero-order chi connectivity index (χ0) is 24.6. The van der Waals surface area contributed by atoms with E-state index >= 15 is 0 Å². The fraction of sp³-hybridized carbons (Fsp3) is 0.286. The van der Waals surface area contributed by atoms with Gasteiger partial charge in [-0.1, -0.05) is 42.8 Å². The number of urea groups is 1. The van der Waals surface area contributed by atoms with Gasteiger partial charge in [0.1, 0.15) is 11.6 Å². The van der Waals surface area contributed by atoms with Crippen LogP contribution in [0.1, 0.15) is 24.5 Å². The summed E-state index contributed by atoms with van der Waals surface area (Å²) in [7, 11) is 1.55. The molecule has 0 aliphatic carbocycles. The lowest BCUT2D eigenvalue weighted by molar-refractivity contribution is 0.198. The number of pyridine rings is 1. The van der Waals surface area contributed by atoms with Crippen LogP contribution in [0.15, 0.2) is 72.4 Å². The van der Waals surface area contributed by atoms with E-state index in [1.54, 1.807) is 31.5 Å². The fourth-order valence-corrected chi connectivity index (χ4v) is 4.11. The predicted molar refractivity (Wildman–Crippen MR) is 135 cm³/mol. The average Bonchev–Trinajstić information content (AvgIpc) is 2.86. The highest BCUT2D eigenvalue weighted by Gasteiger charge is 2.24. The van der Waals surface area contributed by atoms with Gasteiger partial charge in [-0.2, -0.15) is 0 Å². The highest BCUT2D eigenvalue weighted by atomic mass is 19.1. The number of carbonyl (C=O) groups is 1. The molecule has 0 spiro atoms. The zero-order valence-electron chi connectivity index (χ0n) is 20.0. The molecule has 1 saturated heterocycles. The molecule has 0 bridgehead atoms. The van der Waals surface area contributed by atoms with Crippen molar-refractivity contribution in [3.8, 4) is 11.6 Å². The lowest BCUT2D eigenvalue weighted by atomic mass is 9.91. The number of halogens is 1. The van der Waals surface area contributed by atoms with E-state index in [2.05, 4.69) is 29.4 Å². The third-order valence-corrected chi connectivity index (χ3v) is 6.04. The quantitative estimate of drug-likeness (QED) is 0.469. The molecule has 0 saturated carbocycles. The van der Waals surface area contributed by atoms with E-state index in [9.17, 15) is 9.18 Å². The van der Waals surface area contributed by atoms with Crippen LogP contribution in [0.3, 0.4) is 0 Å². The molecule has 1 atom stereocenters. The Balaban J connectivity index is 1.31. The van der Waals surface area contributed by atoms with Crippen LogP contribution in [0.2, 0.25) is 0 Å². The molecule has 1 aliphatic heterocycles. The van der Waals surface area contributed by atoms with Crippen molar-refractivity contribution in [2.45, 2.75) is 19.8 Å². The molecule has 1 aromatic heterocycles. The van der Waals surface area contributed by atoms with Gasteiger partial charge in [-0.05, 0) is 53.8 Å². The Morgan fingerprint density at radius 3 is 2.80 bits per heavy atom. The summed E-state index contributed by atoms with van der Waals surface area (Å²) in [4.78, 5) is 18.7. The number of anilines is 1. The van der Waals surface area contributed by atoms with Gasteiger partial charge in [0.25, 0.3) is 0 Å². The van der Waals surface area contributed by atoms with Gasteiger partial charge < -0.3 is 19.7 Å². The van der Waals surface area contributed by atoms with Crippen molar-refractivity contribution in [2.24, 2.45) is 5.92 Å². The van der Waals surface area contributed by atoms with Gasteiger partial charge in [-0.25, -0.2) is 14.2 Å². The maximum atomic E-state index is 13.3. The lowest BCUT2D eigenvalue weighted by Gasteiger charge is -2.33. The molecular weight excluding hydrogens is 445 g/mol. The molecule has 7 heteroatoms. The first-order chi connectivity index (χ1) is 17.0. The van der Waals surface area contributed by atoms with Gasteiger partial charge in [0, 0.05) is 25.6 Å². The minimum Gasteiger partial charge on any atom is -0.493 e. The number of hydrogen-bond acceptors (Lipinski definition) is 4. The Kier molecular flexibility index (Phi) is 7.98. The van der Waals surface area contributed by atoms with Gasteiger partial charge in [0.15, 0.2) is 0 Å². The van der Waals surface area contributed by atoms with Crippen molar-refractivity contribution < 1.29 is 18.7 Å². The van der Waals surface area contributed by atoms with Gasteiger partial charge in [-0.15, -0.1) is 0 Å². The number of methoxy groups -OCH3 is 1. The molecule has 182 valence electrons. The highest BCUT2D eigenvalue weighted by Crippen LogP contribution is 2.26. The van der Waals surface area contributed by atoms with E-state index in [0.717, 1.165) is 23.3 Å². The van der Waals surface area contributed by atoms with E-state index in [-0.39, 0.29) is 17.8 Å². The number of rotatable bonds is 7. The SMILES string of the molecule is COc1ccc(NC(=O)N2CC/C(=C\c3cccc(OCCc4cccc(F)c4)c3)C(C)C2)cn1.